The van der Waals surface area contributed by atoms with Crippen molar-refractivity contribution in [1.29, 1.82) is 0 Å². The van der Waals surface area contributed by atoms with E-state index in [4.69, 9.17) is 6.42 Å². The van der Waals surface area contributed by atoms with E-state index < -0.39 is 0 Å². The number of aromatic nitrogens is 3. The summed E-state index contributed by atoms with van der Waals surface area (Å²) in [5.74, 6) is 2.25. The first-order valence-electron chi connectivity index (χ1n) is 5.02. The van der Waals surface area contributed by atoms with E-state index in [9.17, 15) is 4.79 Å². The van der Waals surface area contributed by atoms with Crippen LogP contribution in [0.1, 0.15) is 6.92 Å². The Hall–Kier alpha value is -1.87. The monoisotopic (exact) mass is 221 g/mol. The summed E-state index contributed by atoms with van der Waals surface area (Å²) in [6, 6.07) is -0.267. The predicted octanol–water partition coefficient (Wildman–Crippen LogP) is -0.994. The van der Waals surface area contributed by atoms with Crippen molar-refractivity contribution in [2.45, 2.75) is 19.5 Å². The van der Waals surface area contributed by atoms with Crippen molar-refractivity contribution < 1.29 is 4.79 Å². The lowest BCUT2D eigenvalue weighted by Crippen LogP contribution is -2.43. The lowest BCUT2D eigenvalue weighted by molar-refractivity contribution is -0.122. The molecule has 1 rings (SSSR count). The lowest BCUT2D eigenvalue weighted by Gasteiger charge is -2.12. The van der Waals surface area contributed by atoms with E-state index in [0.29, 0.717) is 13.1 Å². The summed E-state index contributed by atoms with van der Waals surface area (Å²) in [5.41, 5.74) is 0. The Morgan fingerprint density at radius 2 is 2.50 bits per heavy atom. The first kappa shape index (κ1) is 12.2. The maximum atomic E-state index is 11.4. The van der Waals surface area contributed by atoms with Gasteiger partial charge in [-0.1, -0.05) is 11.1 Å². The molecule has 1 amide bonds. The minimum atomic E-state index is -0.267. The molecule has 6 heteroatoms. The number of nitrogens with one attached hydrogen (secondary N) is 2. The van der Waals surface area contributed by atoms with Gasteiger partial charge in [-0.05, 0) is 6.92 Å². The van der Waals surface area contributed by atoms with E-state index in [1.165, 1.54) is 0 Å². The van der Waals surface area contributed by atoms with Gasteiger partial charge in [-0.2, -0.15) is 0 Å². The van der Waals surface area contributed by atoms with Gasteiger partial charge in [-0.25, -0.2) is 0 Å². The molecular weight excluding hydrogens is 206 g/mol. The van der Waals surface area contributed by atoms with E-state index in [1.807, 2.05) is 0 Å². The van der Waals surface area contributed by atoms with Crippen LogP contribution in [0.3, 0.4) is 0 Å². The van der Waals surface area contributed by atoms with Crippen LogP contribution in [0.2, 0.25) is 0 Å². The molecule has 0 aliphatic heterocycles. The van der Waals surface area contributed by atoms with Gasteiger partial charge in [0.25, 0.3) is 0 Å². The van der Waals surface area contributed by atoms with Gasteiger partial charge in [-0.3, -0.25) is 9.48 Å². The van der Waals surface area contributed by atoms with E-state index in [0.717, 1.165) is 0 Å². The zero-order chi connectivity index (χ0) is 11.8. The zero-order valence-corrected chi connectivity index (χ0v) is 9.18. The molecule has 0 saturated carbocycles. The molecule has 1 aromatic heterocycles. The Morgan fingerprint density at radius 3 is 3.12 bits per heavy atom. The normalized spacial score (nSPS) is 11.8. The highest BCUT2D eigenvalue weighted by Crippen LogP contribution is 1.83. The number of nitrogens with zero attached hydrogens (tertiary/aromatic N) is 3. The van der Waals surface area contributed by atoms with Crippen LogP contribution in [-0.4, -0.2) is 40.0 Å². The Labute approximate surface area is 94.4 Å². The highest BCUT2D eigenvalue weighted by atomic mass is 16.2. The lowest BCUT2D eigenvalue weighted by atomic mass is 10.3. The van der Waals surface area contributed by atoms with Gasteiger partial charge in [0.1, 0.15) is 0 Å². The fourth-order valence-electron chi connectivity index (χ4n) is 1.13. The average molecular weight is 221 g/mol. The molecule has 0 aliphatic rings. The number of carbonyl (C=O) groups excluding carboxylic acids is 1. The molecule has 0 bridgehead atoms. The van der Waals surface area contributed by atoms with Gasteiger partial charge in [0.05, 0.1) is 25.3 Å². The second-order valence-electron chi connectivity index (χ2n) is 3.26. The van der Waals surface area contributed by atoms with Crippen LogP contribution in [0.5, 0.6) is 0 Å². The molecule has 0 radical (unpaired) electrons. The van der Waals surface area contributed by atoms with Gasteiger partial charge < -0.3 is 10.6 Å². The number of amides is 1. The van der Waals surface area contributed by atoms with E-state index in [1.54, 1.807) is 24.0 Å². The summed E-state index contributed by atoms with van der Waals surface area (Å²) in [6.07, 6.45) is 8.42. The van der Waals surface area contributed by atoms with Gasteiger partial charge in [0.2, 0.25) is 5.91 Å². The van der Waals surface area contributed by atoms with Crippen LogP contribution < -0.4 is 10.6 Å². The minimum absolute atomic E-state index is 0.100. The van der Waals surface area contributed by atoms with Crippen molar-refractivity contribution in [3.63, 3.8) is 0 Å². The number of hydrogen-bond donors (Lipinski definition) is 2. The van der Waals surface area contributed by atoms with Gasteiger partial charge in [0, 0.05) is 12.7 Å². The molecular formula is C10H15N5O. The highest BCUT2D eigenvalue weighted by molar-refractivity contribution is 5.81. The van der Waals surface area contributed by atoms with E-state index in [2.05, 4.69) is 26.9 Å². The van der Waals surface area contributed by atoms with E-state index >= 15 is 0 Å². The first-order chi connectivity index (χ1) is 7.74. The number of terminal acetylenes is 1. The molecule has 0 aliphatic carbocycles. The third kappa shape index (κ3) is 4.11. The second-order valence-corrected chi connectivity index (χ2v) is 3.26. The minimum Gasteiger partial charge on any atom is -0.344 e. The van der Waals surface area contributed by atoms with Crippen molar-refractivity contribution in [3.8, 4) is 12.3 Å². The summed E-state index contributed by atoms with van der Waals surface area (Å²) in [6.45, 7) is 3.36. The Kier molecular flexibility index (Phi) is 5.02. The van der Waals surface area contributed by atoms with E-state index in [-0.39, 0.29) is 18.5 Å². The standard InChI is InChI=1S/C10H15N5O/c1-3-4-12-10(16)9(2)11-5-7-15-8-6-13-14-15/h1,6,8-9,11H,4-5,7H2,2H3,(H,12,16). The van der Waals surface area contributed by atoms with Crippen LogP contribution >= 0.6 is 0 Å². The van der Waals surface area contributed by atoms with Gasteiger partial charge in [-0.15, -0.1) is 11.5 Å². The average Bonchev–Trinajstić information content (AvgIpc) is 2.78. The molecule has 0 spiro atoms. The quantitative estimate of drug-likeness (QED) is 0.605. The molecule has 86 valence electrons. The third-order valence-corrected chi connectivity index (χ3v) is 2.02. The molecule has 1 aromatic rings. The Bertz CT molecular complexity index is 354. The number of carbonyl (C=O) groups is 1. The highest BCUT2D eigenvalue weighted by Gasteiger charge is 2.10. The largest absolute Gasteiger partial charge is 0.344 e. The predicted molar refractivity (Wildman–Crippen MR) is 59.3 cm³/mol. The van der Waals surface area contributed by atoms with Crippen LogP contribution in [0.25, 0.3) is 0 Å². The number of rotatable bonds is 6. The summed E-state index contributed by atoms with van der Waals surface area (Å²) in [4.78, 5) is 11.4. The SMILES string of the molecule is C#CCNC(=O)C(C)NCCn1ccnn1. The number of hydrogen-bond acceptors (Lipinski definition) is 4. The van der Waals surface area contributed by atoms with Crippen molar-refractivity contribution in [2.75, 3.05) is 13.1 Å². The molecule has 2 N–H and O–H groups in total. The fourth-order valence-corrected chi connectivity index (χ4v) is 1.13. The maximum Gasteiger partial charge on any atom is 0.237 e. The Balaban J connectivity index is 2.17. The molecule has 1 atom stereocenters. The van der Waals surface area contributed by atoms with Crippen LogP contribution in [0.15, 0.2) is 12.4 Å². The smallest absolute Gasteiger partial charge is 0.237 e. The molecule has 0 aromatic carbocycles. The molecule has 0 fully saturated rings. The van der Waals surface area contributed by atoms with Gasteiger partial charge in [0.15, 0.2) is 0 Å². The fraction of sp³-hybridized carbons (Fsp3) is 0.500. The summed E-state index contributed by atoms with van der Waals surface area (Å²) < 4.78 is 1.69. The van der Waals surface area contributed by atoms with Crippen molar-refractivity contribution in [1.82, 2.24) is 25.6 Å². The van der Waals surface area contributed by atoms with Crippen LogP contribution in [0.4, 0.5) is 0 Å². The molecule has 1 unspecified atom stereocenters. The van der Waals surface area contributed by atoms with Crippen LogP contribution in [0, 0.1) is 12.3 Å². The molecule has 6 nitrogen and oxygen atoms in total. The summed E-state index contributed by atoms with van der Waals surface area (Å²) in [7, 11) is 0. The first-order valence-corrected chi connectivity index (χ1v) is 5.02. The summed E-state index contributed by atoms with van der Waals surface area (Å²) in [5, 5.41) is 13.2. The Morgan fingerprint density at radius 1 is 1.69 bits per heavy atom. The second kappa shape index (κ2) is 6.58. The van der Waals surface area contributed by atoms with Gasteiger partial charge >= 0.3 is 0 Å². The van der Waals surface area contributed by atoms with Crippen molar-refractivity contribution >= 4 is 5.91 Å². The zero-order valence-electron chi connectivity index (χ0n) is 9.18. The third-order valence-electron chi connectivity index (χ3n) is 2.02. The molecule has 1 heterocycles. The summed E-state index contributed by atoms with van der Waals surface area (Å²) >= 11 is 0. The van der Waals surface area contributed by atoms with Crippen LogP contribution in [-0.2, 0) is 11.3 Å². The van der Waals surface area contributed by atoms with Crippen molar-refractivity contribution in [3.05, 3.63) is 12.4 Å². The molecule has 16 heavy (non-hydrogen) atoms. The molecule has 0 saturated heterocycles. The maximum absolute atomic E-state index is 11.4. The van der Waals surface area contributed by atoms with Crippen molar-refractivity contribution in [2.24, 2.45) is 0 Å². The topological polar surface area (TPSA) is 71.8 Å².